The van der Waals surface area contributed by atoms with Crippen LogP contribution in [0.2, 0.25) is 0 Å². The molecule has 0 amide bonds. The fourth-order valence-electron chi connectivity index (χ4n) is 3.72. The topological polar surface area (TPSA) is 25.2 Å². The Balaban J connectivity index is 2.00. The molecule has 18 heavy (non-hydrogen) atoms. The molecule has 3 atom stereocenters. The average Bonchev–Trinajstić information content (AvgIpc) is 2.35. The van der Waals surface area contributed by atoms with E-state index in [1.54, 1.807) is 6.07 Å². The predicted octanol–water partition coefficient (Wildman–Crippen LogP) is 1.84. The highest BCUT2D eigenvalue weighted by atomic mass is 16.1. The molecule has 2 aliphatic rings. The van der Waals surface area contributed by atoms with Crippen molar-refractivity contribution in [1.29, 1.82) is 0 Å². The Labute approximate surface area is 108 Å². The number of likely N-dealkylation sites (N-methyl/N-ethyl adjacent to an activating group) is 1. The number of piperidine rings is 1. The zero-order chi connectivity index (χ0) is 12.7. The first kappa shape index (κ1) is 11.7. The van der Waals surface area contributed by atoms with E-state index in [4.69, 9.17) is 0 Å². The van der Waals surface area contributed by atoms with E-state index < -0.39 is 0 Å². The standard InChI is InChI=1S/C15H20N2O/c1-3-5-13-12-8-11(9-16(13)2)14-6-4-7-15(18)17(14)10-12/h3-4,6-7,11-13H,1,5,8-10H2,2H3/t11?,12?,13-/m1/s1. The number of likely N-dealkylation sites (tertiary alicyclic amines) is 1. The van der Waals surface area contributed by atoms with Crippen LogP contribution in [0.15, 0.2) is 35.6 Å². The first-order valence-corrected chi connectivity index (χ1v) is 6.71. The van der Waals surface area contributed by atoms with E-state index in [1.807, 2.05) is 16.7 Å². The van der Waals surface area contributed by atoms with Gasteiger partial charge >= 0.3 is 0 Å². The Hall–Kier alpha value is -1.35. The van der Waals surface area contributed by atoms with Crippen LogP contribution >= 0.6 is 0 Å². The van der Waals surface area contributed by atoms with Gasteiger partial charge in [0.05, 0.1) is 0 Å². The highest BCUT2D eigenvalue weighted by molar-refractivity contribution is 5.17. The molecule has 0 aliphatic carbocycles. The Morgan fingerprint density at radius 3 is 3.06 bits per heavy atom. The van der Waals surface area contributed by atoms with E-state index in [0.29, 0.717) is 17.9 Å². The summed E-state index contributed by atoms with van der Waals surface area (Å²) in [6.07, 6.45) is 4.24. The molecular formula is C15H20N2O. The van der Waals surface area contributed by atoms with Crippen LogP contribution in [0.25, 0.3) is 0 Å². The molecule has 3 heteroatoms. The summed E-state index contributed by atoms with van der Waals surface area (Å²) in [6.45, 7) is 5.79. The lowest BCUT2D eigenvalue weighted by Gasteiger charge is -2.47. The first-order valence-electron chi connectivity index (χ1n) is 6.71. The van der Waals surface area contributed by atoms with Crippen molar-refractivity contribution < 1.29 is 0 Å². The molecule has 96 valence electrons. The molecule has 3 heterocycles. The molecule has 0 spiro atoms. The number of hydrogen-bond donors (Lipinski definition) is 0. The zero-order valence-corrected chi connectivity index (χ0v) is 10.9. The third kappa shape index (κ3) is 1.74. The molecule has 1 saturated heterocycles. The van der Waals surface area contributed by atoms with Gasteiger partial charge in [-0.15, -0.1) is 6.58 Å². The number of rotatable bonds is 2. The summed E-state index contributed by atoms with van der Waals surface area (Å²) in [4.78, 5) is 14.4. The summed E-state index contributed by atoms with van der Waals surface area (Å²) < 4.78 is 1.99. The van der Waals surface area contributed by atoms with Crippen molar-refractivity contribution in [3.63, 3.8) is 0 Å². The minimum Gasteiger partial charge on any atom is -0.312 e. The molecule has 0 aromatic carbocycles. The van der Waals surface area contributed by atoms with Crippen molar-refractivity contribution in [2.75, 3.05) is 13.6 Å². The second kappa shape index (κ2) is 4.39. The van der Waals surface area contributed by atoms with E-state index in [-0.39, 0.29) is 5.56 Å². The summed E-state index contributed by atoms with van der Waals surface area (Å²) >= 11 is 0. The molecule has 0 saturated carbocycles. The maximum atomic E-state index is 12.0. The SMILES string of the molecule is C=CC[C@@H]1C2CC(CN1C)c1cccc(=O)n1C2. The van der Waals surface area contributed by atoms with Gasteiger partial charge in [0.2, 0.25) is 0 Å². The number of aromatic nitrogens is 1. The third-order valence-corrected chi connectivity index (χ3v) is 4.53. The lowest BCUT2D eigenvalue weighted by Crippen LogP contribution is -2.51. The van der Waals surface area contributed by atoms with Gasteiger partial charge in [-0.25, -0.2) is 0 Å². The fraction of sp³-hybridized carbons (Fsp3) is 0.533. The molecule has 2 bridgehead atoms. The van der Waals surface area contributed by atoms with Crippen molar-refractivity contribution >= 4 is 0 Å². The largest absolute Gasteiger partial charge is 0.312 e. The van der Waals surface area contributed by atoms with E-state index in [0.717, 1.165) is 19.5 Å². The molecule has 2 unspecified atom stereocenters. The van der Waals surface area contributed by atoms with Crippen LogP contribution in [0, 0.1) is 5.92 Å². The summed E-state index contributed by atoms with van der Waals surface area (Å²) in [6, 6.07) is 6.23. The van der Waals surface area contributed by atoms with E-state index >= 15 is 0 Å². The summed E-state index contributed by atoms with van der Waals surface area (Å²) in [7, 11) is 2.20. The van der Waals surface area contributed by atoms with Gasteiger partial charge in [-0.05, 0) is 31.9 Å². The Bertz CT molecular complexity index is 519. The molecule has 0 radical (unpaired) electrons. The molecule has 3 rings (SSSR count). The Morgan fingerprint density at radius 2 is 2.28 bits per heavy atom. The fourth-order valence-corrected chi connectivity index (χ4v) is 3.72. The van der Waals surface area contributed by atoms with Gasteiger partial charge in [0.15, 0.2) is 0 Å². The van der Waals surface area contributed by atoms with Crippen LogP contribution in [0.5, 0.6) is 0 Å². The summed E-state index contributed by atoms with van der Waals surface area (Å²) in [5.41, 5.74) is 1.38. The minimum absolute atomic E-state index is 0.157. The van der Waals surface area contributed by atoms with Gasteiger partial charge < -0.3 is 9.47 Å². The average molecular weight is 244 g/mol. The minimum atomic E-state index is 0.157. The third-order valence-electron chi connectivity index (χ3n) is 4.53. The lowest BCUT2D eigenvalue weighted by molar-refractivity contribution is 0.0739. The molecule has 2 aliphatic heterocycles. The van der Waals surface area contributed by atoms with Gasteiger partial charge in [0, 0.05) is 36.8 Å². The first-order chi connectivity index (χ1) is 8.70. The predicted molar refractivity (Wildman–Crippen MR) is 72.8 cm³/mol. The van der Waals surface area contributed by atoms with Gasteiger partial charge in [0.1, 0.15) is 0 Å². The molecule has 1 fully saturated rings. The highest BCUT2D eigenvalue weighted by Crippen LogP contribution is 2.38. The lowest BCUT2D eigenvalue weighted by atomic mass is 9.77. The molecule has 1 aromatic rings. The van der Waals surface area contributed by atoms with Crippen molar-refractivity contribution in [2.24, 2.45) is 5.92 Å². The van der Waals surface area contributed by atoms with Crippen molar-refractivity contribution in [1.82, 2.24) is 9.47 Å². The van der Waals surface area contributed by atoms with Crippen LogP contribution in [-0.2, 0) is 6.54 Å². The number of nitrogens with zero attached hydrogens (tertiary/aromatic N) is 2. The molecule has 0 N–H and O–H groups in total. The van der Waals surface area contributed by atoms with E-state index in [9.17, 15) is 4.79 Å². The van der Waals surface area contributed by atoms with Crippen LogP contribution < -0.4 is 5.56 Å². The van der Waals surface area contributed by atoms with Gasteiger partial charge in [-0.1, -0.05) is 12.1 Å². The number of pyridine rings is 1. The van der Waals surface area contributed by atoms with Crippen molar-refractivity contribution in [3.8, 4) is 0 Å². The smallest absolute Gasteiger partial charge is 0.250 e. The summed E-state index contributed by atoms with van der Waals surface area (Å²) in [5, 5.41) is 0. The van der Waals surface area contributed by atoms with Crippen LogP contribution in [0.4, 0.5) is 0 Å². The molecule has 1 aromatic heterocycles. The second-order valence-electron chi connectivity index (χ2n) is 5.62. The van der Waals surface area contributed by atoms with Crippen LogP contribution in [0.3, 0.4) is 0 Å². The normalized spacial score (nSPS) is 30.8. The quantitative estimate of drug-likeness (QED) is 0.742. The monoisotopic (exact) mass is 244 g/mol. The highest BCUT2D eigenvalue weighted by Gasteiger charge is 2.38. The van der Waals surface area contributed by atoms with Crippen molar-refractivity contribution in [3.05, 3.63) is 46.9 Å². The van der Waals surface area contributed by atoms with Crippen LogP contribution in [0.1, 0.15) is 24.5 Å². The maximum absolute atomic E-state index is 12.0. The molecule has 3 nitrogen and oxygen atoms in total. The number of fused-ring (bicyclic) bond motifs is 4. The van der Waals surface area contributed by atoms with Gasteiger partial charge in [0.25, 0.3) is 5.56 Å². The number of hydrogen-bond acceptors (Lipinski definition) is 2. The Morgan fingerprint density at radius 1 is 1.44 bits per heavy atom. The van der Waals surface area contributed by atoms with E-state index in [1.165, 1.54) is 12.1 Å². The zero-order valence-electron chi connectivity index (χ0n) is 10.9. The maximum Gasteiger partial charge on any atom is 0.250 e. The Kier molecular flexibility index (Phi) is 2.86. The van der Waals surface area contributed by atoms with Gasteiger partial charge in [-0.3, -0.25) is 4.79 Å². The second-order valence-corrected chi connectivity index (χ2v) is 5.62. The van der Waals surface area contributed by atoms with Crippen LogP contribution in [-0.4, -0.2) is 29.1 Å². The summed E-state index contributed by atoms with van der Waals surface area (Å²) in [5.74, 6) is 1.10. The van der Waals surface area contributed by atoms with E-state index in [2.05, 4.69) is 24.6 Å². The molecular weight excluding hydrogens is 224 g/mol. The van der Waals surface area contributed by atoms with Crippen molar-refractivity contribution in [2.45, 2.75) is 31.3 Å². The van der Waals surface area contributed by atoms with Gasteiger partial charge in [-0.2, -0.15) is 0 Å².